The Morgan fingerprint density at radius 1 is 1.21 bits per heavy atom. The molecule has 5 nitrogen and oxygen atoms in total. The van der Waals surface area contributed by atoms with Crippen molar-refractivity contribution in [3.8, 4) is 18.1 Å². The first kappa shape index (κ1) is 24.2. The van der Waals surface area contributed by atoms with Crippen molar-refractivity contribution in [2.45, 2.75) is 33.6 Å². The monoisotopic (exact) mass is 512 g/mol. The van der Waals surface area contributed by atoms with Gasteiger partial charge in [-0.3, -0.25) is 4.99 Å². The number of terminal acetylenes is 1. The van der Waals surface area contributed by atoms with Crippen molar-refractivity contribution >= 4 is 41.3 Å². The number of ether oxygens (including phenoxy) is 1. The molecule has 152 valence electrons. The van der Waals surface area contributed by atoms with Crippen LogP contribution in [-0.2, 0) is 12.8 Å². The van der Waals surface area contributed by atoms with Gasteiger partial charge in [0, 0.05) is 30.9 Å². The van der Waals surface area contributed by atoms with Crippen LogP contribution in [0, 0.1) is 26.2 Å². The van der Waals surface area contributed by atoms with Crippen molar-refractivity contribution in [2.24, 2.45) is 4.99 Å². The summed E-state index contributed by atoms with van der Waals surface area (Å²) < 4.78 is 5.39. The molecule has 1 aromatic heterocycles. The number of nitrogens with zero attached hydrogens (tertiary/aromatic N) is 2. The zero-order valence-corrected chi connectivity index (χ0v) is 19.9. The first-order valence-electron chi connectivity index (χ1n) is 9.22. The molecule has 1 heterocycles. The van der Waals surface area contributed by atoms with E-state index >= 15 is 0 Å². The number of aromatic nitrogens is 1. The molecule has 28 heavy (non-hydrogen) atoms. The predicted molar refractivity (Wildman–Crippen MR) is 129 cm³/mol. The highest BCUT2D eigenvalue weighted by Gasteiger charge is 2.04. The van der Waals surface area contributed by atoms with E-state index in [1.807, 2.05) is 12.1 Å². The van der Waals surface area contributed by atoms with Crippen LogP contribution in [-0.4, -0.2) is 37.2 Å². The summed E-state index contributed by atoms with van der Waals surface area (Å²) in [6.07, 6.45) is 6.97. The molecule has 1 aromatic carbocycles. The van der Waals surface area contributed by atoms with E-state index in [0.29, 0.717) is 6.61 Å². The van der Waals surface area contributed by atoms with Gasteiger partial charge in [-0.05, 0) is 44.9 Å². The summed E-state index contributed by atoms with van der Waals surface area (Å²) in [7, 11) is 0. The van der Waals surface area contributed by atoms with Crippen molar-refractivity contribution in [1.82, 2.24) is 15.6 Å². The molecule has 2 N–H and O–H groups in total. The number of hydrogen-bond acceptors (Lipinski definition) is 4. The number of thiazole rings is 1. The molecule has 2 rings (SSSR count). The minimum Gasteiger partial charge on any atom is -0.481 e. The molecule has 0 saturated heterocycles. The van der Waals surface area contributed by atoms with Gasteiger partial charge in [-0.1, -0.05) is 18.1 Å². The molecule has 0 saturated carbocycles. The smallest absolute Gasteiger partial charge is 0.191 e. The fraction of sp³-hybridized carbons (Fsp3) is 0.429. The largest absolute Gasteiger partial charge is 0.481 e. The SMILES string of the molecule is C#CCOc1ccc(CCNC(=NCCc2nc(C)c(C)s2)NCC)cc1.I. The van der Waals surface area contributed by atoms with Crippen LogP contribution < -0.4 is 15.4 Å². The number of guanidine groups is 1. The van der Waals surface area contributed by atoms with Crippen molar-refractivity contribution < 1.29 is 4.74 Å². The molecule has 0 radical (unpaired) electrons. The average molecular weight is 512 g/mol. The van der Waals surface area contributed by atoms with Crippen LogP contribution in [0.2, 0.25) is 0 Å². The normalized spacial score (nSPS) is 10.7. The second kappa shape index (κ2) is 13.4. The molecule has 0 amide bonds. The van der Waals surface area contributed by atoms with Gasteiger partial charge in [0.25, 0.3) is 0 Å². The minimum absolute atomic E-state index is 0. The van der Waals surface area contributed by atoms with Crippen molar-refractivity contribution in [3.63, 3.8) is 0 Å². The third-order valence-corrected chi connectivity index (χ3v) is 5.10. The molecule has 0 atom stereocenters. The molecule has 0 fully saturated rings. The van der Waals surface area contributed by atoms with Gasteiger partial charge in [-0.2, -0.15) is 0 Å². The average Bonchev–Trinajstić information content (AvgIpc) is 2.98. The molecular weight excluding hydrogens is 483 g/mol. The lowest BCUT2D eigenvalue weighted by Crippen LogP contribution is -2.38. The maximum absolute atomic E-state index is 5.39. The summed E-state index contributed by atoms with van der Waals surface area (Å²) in [6.45, 7) is 8.90. The van der Waals surface area contributed by atoms with Crippen LogP contribution >= 0.6 is 35.3 Å². The Morgan fingerprint density at radius 3 is 2.57 bits per heavy atom. The molecule has 0 aliphatic heterocycles. The highest BCUT2D eigenvalue weighted by atomic mass is 127. The predicted octanol–water partition coefficient (Wildman–Crippen LogP) is 3.73. The minimum atomic E-state index is 0. The van der Waals surface area contributed by atoms with E-state index < -0.39 is 0 Å². The second-order valence-corrected chi connectivity index (χ2v) is 7.36. The molecule has 7 heteroatoms. The maximum atomic E-state index is 5.39. The van der Waals surface area contributed by atoms with Crippen LogP contribution in [0.3, 0.4) is 0 Å². The van der Waals surface area contributed by atoms with Crippen LogP contribution in [0.5, 0.6) is 5.75 Å². The second-order valence-electron chi connectivity index (χ2n) is 6.07. The van der Waals surface area contributed by atoms with Crippen LogP contribution in [0.25, 0.3) is 0 Å². The van der Waals surface area contributed by atoms with Gasteiger partial charge in [0.2, 0.25) is 0 Å². The summed E-state index contributed by atoms with van der Waals surface area (Å²) in [6, 6.07) is 8.02. The molecule has 0 aliphatic rings. The van der Waals surface area contributed by atoms with Gasteiger partial charge < -0.3 is 15.4 Å². The van der Waals surface area contributed by atoms with Crippen molar-refractivity contribution in [3.05, 3.63) is 45.4 Å². The lowest BCUT2D eigenvalue weighted by atomic mass is 10.1. The maximum Gasteiger partial charge on any atom is 0.191 e. The van der Waals surface area contributed by atoms with E-state index in [2.05, 4.69) is 59.4 Å². The summed E-state index contributed by atoms with van der Waals surface area (Å²) in [5.74, 6) is 4.11. The first-order valence-corrected chi connectivity index (χ1v) is 10.0. The Labute approximate surface area is 189 Å². The van der Waals surface area contributed by atoms with E-state index in [1.165, 1.54) is 10.4 Å². The Kier molecular flexibility index (Phi) is 11.6. The fourth-order valence-corrected chi connectivity index (χ4v) is 3.38. The number of rotatable bonds is 9. The van der Waals surface area contributed by atoms with Gasteiger partial charge in [-0.15, -0.1) is 41.7 Å². The third-order valence-electron chi connectivity index (χ3n) is 3.96. The third kappa shape index (κ3) is 8.48. The number of halogens is 1. The number of nitrogens with one attached hydrogen (secondary N) is 2. The van der Waals surface area contributed by atoms with E-state index in [1.54, 1.807) is 11.3 Å². The molecule has 2 aromatic rings. The molecule has 0 aliphatic carbocycles. The highest BCUT2D eigenvalue weighted by molar-refractivity contribution is 14.0. The lowest BCUT2D eigenvalue weighted by Gasteiger charge is -2.11. The van der Waals surface area contributed by atoms with Gasteiger partial charge in [0.05, 0.1) is 10.7 Å². The molecular formula is C21H29IN4OS. The van der Waals surface area contributed by atoms with Gasteiger partial charge in [-0.25, -0.2) is 4.98 Å². The molecule has 0 unspecified atom stereocenters. The Bertz CT molecular complexity index is 761. The number of aliphatic imine (C=N–C) groups is 1. The lowest BCUT2D eigenvalue weighted by molar-refractivity contribution is 0.370. The van der Waals surface area contributed by atoms with E-state index in [4.69, 9.17) is 11.2 Å². The van der Waals surface area contributed by atoms with E-state index in [9.17, 15) is 0 Å². The Balaban J connectivity index is 0.00000392. The zero-order valence-electron chi connectivity index (χ0n) is 16.7. The topological polar surface area (TPSA) is 58.5 Å². The van der Waals surface area contributed by atoms with Crippen LogP contribution in [0.1, 0.15) is 28.1 Å². The Hall–Kier alpha value is -1.79. The summed E-state index contributed by atoms with van der Waals surface area (Å²) in [4.78, 5) is 10.5. The van der Waals surface area contributed by atoms with Crippen LogP contribution in [0.4, 0.5) is 0 Å². The summed E-state index contributed by atoms with van der Waals surface area (Å²) >= 11 is 1.76. The molecule has 0 bridgehead atoms. The number of aryl methyl sites for hydroxylation is 2. The first-order chi connectivity index (χ1) is 13.1. The Morgan fingerprint density at radius 2 is 1.96 bits per heavy atom. The summed E-state index contributed by atoms with van der Waals surface area (Å²) in [5.41, 5.74) is 2.36. The number of hydrogen-bond donors (Lipinski definition) is 2. The van der Waals surface area contributed by atoms with Crippen molar-refractivity contribution in [1.29, 1.82) is 0 Å². The van der Waals surface area contributed by atoms with E-state index in [0.717, 1.165) is 54.9 Å². The van der Waals surface area contributed by atoms with Crippen molar-refractivity contribution in [2.75, 3.05) is 26.2 Å². The van der Waals surface area contributed by atoms with Gasteiger partial charge in [0.1, 0.15) is 12.4 Å². The van der Waals surface area contributed by atoms with E-state index in [-0.39, 0.29) is 24.0 Å². The molecule has 0 spiro atoms. The highest BCUT2D eigenvalue weighted by Crippen LogP contribution is 2.16. The zero-order chi connectivity index (χ0) is 19.5. The fourth-order valence-electron chi connectivity index (χ4n) is 2.45. The van der Waals surface area contributed by atoms with Crippen LogP contribution in [0.15, 0.2) is 29.3 Å². The number of benzene rings is 1. The van der Waals surface area contributed by atoms with Gasteiger partial charge in [0.15, 0.2) is 5.96 Å². The summed E-state index contributed by atoms with van der Waals surface area (Å²) in [5, 5.41) is 7.82. The quantitative estimate of drug-likeness (QED) is 0.233. The van der Waals surface area contributed by atoms with Gasteiger partial charge >= 0.3 is 0 Å². The standard InChI is InChI=1S/C21H28N4OS.HI/c1-5-15-26-19-9-7-18(8-10-19)11-13-23-21(22-6-2)24-14-12-20-25-16(3)17(4)27-20;/h1,7-10H,6,11-15H2,2-4H3,(H2,22,23,24);1H.